The minimum atomic E-state index is 0.732. The molecule has 1 aromatic rings. The Kier molecular flexibility index (Phi) is 5.79. The van der Waals surface area contributed by atoms with Gasteiger partial charge in [-0.2, -0.15) is 0 Å². The van der Waals surface area contributed by atoms with Gasteiger partial charge in [0, 0.05) is 25.1 Å². The lowest BCUT2D eigenvalue weighted by Gasteiger charge is -2.11. The molecule has 1 fully saturated rings. The molecule has 1 aromatic heterocycles. The Hall–Kier alpha value is -1.14. The molecule has 1 aliphatic carbocycles. The van der Waals surface area contributed by atoms with Crippen LogP contribution in [-0.4, -0.2) is 37.7 Å². The third kappa shape index (κ3) is 5.09. The number of guanidine groups is 1. The Balaban J connectivity index is 1.62. The summed E-state index contributed by atoms with van der Waals surface area (Å²) >= 11 is 1.73. The summed E-state index contributed by atoms with van der Waals surface area (Å²) in [6.45, 7) is 7.27. The van der Waals surface area contributed by atoms with Crippen LogP contribution in [0.5, 0.6) is 0 Å². The minimum absolute atomic E-state index is 0.732. The predicted octanol–water partition coefficient (Wildman–Crippen LogP) is 1.85. The Labute approximate surface area is 124 Å². The number of ether oxygens (including phenoxy) is 1. The molecule has 1 aliphatic rings. The average molecular weight is 296 g/mol. The lowest BCUT2D eigenvalue weighted by molar-refractivity contribution is 0.129. The first-order valence-electron chi connectivity index (χ1n) is 7.14. The molecule has 5 nitrogen and oxygen atoms in total. The molecular weight excluding hydrogens is 272 g/mol. The second-order valence-electron chi connectivity index (χ2n) is 5.11. The Morgan fingerprint density at radius 2 is 2.20 bits per heavy atom. The van der Waals surface area contributed by atoms with Crippen molar-refractivity contribution >= 4 is 17.3 Å². The van der Waals surface area contributed by atoms with E-state index in [9.17, 15) is 0 Å². The molecule has 1 saturated carbocycles. The number of aryl methyl sites for hydroxylation is 2. The quantitative estimate of drug-likeness (QED) is 0.458. The Morgan fingerprint density at radius 1 is 1.40 bits per heavy atom. The number of nitrogens with zero attached hydrogens (tertiary/aromatic N) is 2. The van der Waals surface area contributed by atoms with Crippen LogP contribution in [0.15, 0.2) is 4.99 Å². The van der Waals surface area contributed by atoms with Gasteiger partial charge in [0.05, 0.1) is 23.9 Å². The highest BCUT2D eigenvalue weighted by Crippen LogP contribution is 2.28. The fourth-order valence-electron chi connectivity index (χ4n) is 1.90. The summed E-state index contributed by atoms with van der Waals surface area (Å²) in [5.74, 6) is 1.63. The van der Waals surface area contributed by atoms with Crippen LogP contribution in [0, 0.1) is 19.8 Å². The van der Waals surface area contributed by atoms with Gasteiger partial charge in [0.15, 0.2) is 5.96 Å². The van der Waals surface area contributed by atoms with Crippen LogP contribution in [0.2, 0.25) is 0 Å². The van der Waals surface area contributed by atoms with Gasteiger partial charge < -0.3 is 15.4 Å². The van der Waals surface area contributed by atoms with Crippen molar-refractivity contribution in [2.75, 3.05) is 26.8 Å². The van der Waals surface area contributed by atoms with E-state index in [2.05, 4.69) is 20.6 Å². The van der Waals surface area contributed by atoms with Gasteiger partial charge in [0.25, 0.3) is 0 Å². The molecule has 1 heterocycles. The van der Waals surface area contributed by atoms with Crippen LogP contribution in [-0.2, 0) is 11.3 Å². The number of hydrogen-bond donors (Lipinski definition) is 2. The van der Waals surface area contributed by atoms with Gasteiger partial charge in [0.2, 0.25) is 0 Å². The van der Waals surface area contributed by atoms with Gasteiger partial charge in [-0.1, -0.05) is 0 Å². The van der Waals surface area contributed by atoms with Gasteiger partial charge in [-0.05, 0) is 32.6 Å². The van der Waals surface area contributed by atoms with Crippen LogP contribution in [0.3, 0.4) is 0 Å². The maximum Gasteiger partial charge on any atom is 0.191 e. The van der Waals surface area contributed by atoms with Crippen molar-refractivity contribution in [3.63, 3.8) is 0 Å². The first-order valence-corrected chi connectivity index (χ1v) is 7.96. The SMILES string of the molecule is CN=C(NCCOCC1CC1)NCc1sc(C)nc1C. The van der Waals surface area contributed by atoms with Crippen molar-refractivity contribution in [2.45, 2.75) is 33.2 Å². The van der Waals surface area contributed by atoms with Crippen LogP contribution < -0.4 is 10.6 Å². The van der Waals surface area contributed by atoms with E-state index in [0.29, 0.717) is 0 Å². The lowest BCUT2D eigenvalue weighted by Crippen LogP contribution is -2.38. The molecule has 0 spiro atoms. The summed E-state index contributed by atoms with van der Waals surface area (Å²) in [6, 6.07) is 0. The number of nitrogens with one attached hydrogen (secondary N) is 2. The summed E-state index contributed by atoms with van der Waals surface area (Å²) in [4.78, 5) is 9.89. The molecule has 0 atom stereocenters. The van der Waals surface area contributed by atoms with Crippen molar-refractivity contribution in [1.82, 2.24) is 15.6 Å². The first kappa shape index (κ1) is 15.3. The standard InChI is InChI=1S/C14H24N4OS/c1-10-13(20-11(2)18-10)8-17-14(15-3)16-6-7-19-9-12-4-5-12/h12H,4-9H2,1-3H3,(H2,15,16,17). The highest BCUT2D eigenvalue weighted by atomic mass is 32.1. The van der Waals surface area contributed by atoms with Crippen molar-refractivity contribution in [3.8, 4) is 0 Å². The zero-order valence-corrected chi connectivity index (χ0v) is 13.3. The zero-order chi connectivity index (χ0) is 14.4. The Bertz CT molecular complexity index is 454. The van der Waals surface area contributed by atoms with E-state index in [1.165, 1.54) is 17.7 Å². The number of thiazole rings is 1. The molecule has 0 radical (unpaired) electrons. The summed E-state index contributed by atoms with van der Waals surface area (Å²) < 4.78 is 5.58. The molecule has 0 aliphatic heterocycles. The molecule has 20 heavy (non-hydrogen) atoms. The highest BCUT2D eigenvalue weighted by molar-refractivity contribution is 7.11. The number of aliphatic imine (C=N–C) groups is 1. The van der Waals surface area contributed by atoms with Crippen molar-refractivity contribution in [1.29, 1.82) is 0 Å². The molecular formula is C14H24N4OS. The molecule has 0 bridgehead atoms. The van der Waals surface area contributed by atoms with E-state index < -0.39 is 0 Å². The monoisotopic (exact) mass is 296 g/mol. The van der Waals surface area contributed by atoms with Crippen molar-refractivity contribution in [2.24, 2.45) is 10.9 Å². The van der Waals surface area contributed by atoms with Gasteiger partial charge in [0.1, 0.15) is 0 Å². The van der Waals surface area contributed by atoms with Crippen LogP contribution >= 0.6 is 11.3 Å². The zero-order valence-electron chi connectivity index (χ0n) is 12.5. The van der Waals surface area contributed by atoms with Gasteiger partial charge in [-0.25, -0.2) is 4.98 Å². The maximum atomic E-state index is 5.58. The third-order valence-corrected chi connectivity index (χ3v) is 4.30. The fraction of sp³-hybridized carbons (Fsp3) is 0.714. The summed E-state index contributed by atoms with van der Waals surface area (Å²) in [5, 5.41) is 7.67. The molecule has 112 valence electrons. The second-order valence-corrected chi connectivity index (χ2v) is 6.40. The van der Waals surface area contributed by atoms with Crippen LogP contribution in [0.4, 0.5) is 0 Å². The van der Waals surface area contributed by atoms with E-state index in [0.717, 1.165) is 48.9 Å². The topological polar surface area (TPSA) is 58.5 Å². The first-order chi connectivity index (χ1) is 9.69. The number of aromatic nitrogens is 1. The molecule has 6 heteroatoms. The second kappa shape index (κ2) is 7.59. The summed E-state index contributed by atoms with van der Waals surface area (Å²) in [5.41, 5.74) is 1.10. The molecule has 0 amide bonds. The van der Waals surface area contributed by atoms with E-state index >= 15 is 0 Å². The minimum Gasteiger partial charge on any atom is -0.379 e. The van der Waals surface area contributed by atoms with Gasteiger partial charge in [-0.15, -0.1) is 11.3 Å². The predicted molar refractivity (Wildman–Crippen MR) is 83.3 cm³/mol. The highest BCUT2D eigenvalue weighted by Gasteiger charge is 2.20. The Morgan fingerprint density at radius 3 is 2.80 bits per heavy atom. The summed E-state index contributed by atoms with van der Waals surface area (Å²) in [7, 11) is 1.78. The number of rotatable bonds is 7. The molecule has 2 rings (SSSR count). The van der Waals surface area contributed by atoms with E-state index in [-0.39, 0.29) is 0 Å². The van der Waals surface area contributed by atoms with E-state index in [1.54, 1.807) is 18.4 Å². The average Bonchev–Trinajstić information content (AvgIpc) is 3.18. The summed E-state index contributed by atoms with van der Waals surface area (Å²) in [6.07, 6.45) is 2.68. The van der Waals surface area contributed by atoms with E-state index in [4.69, 9.17) is 4.74 Å². The smallest absolute Gasteiger partial charge is 0.191 e. The maximum absolute atomic E-state index is 5.58. The fourth-order valence-corrected chi connectivity index (χ4v) is 2.78. The van der Waals surface area contributed by atoms with Gasteiger partial charge >= 0.3 is 0 Å². The van der Waals surface area contributed by atoms with Crippen LogP contribution in [0.1, 0.15) is 28.4 Å². The molecule has 0 saturated heterocycles. The van der Waals surface area contributed by atoms with Crippen molar-refractivity contribution in [3.05, 3.63) is 15.6 Å². The number of hydrogen-bond acceptors (Lipinski definition) is 4. The molecule has 2 N–H and O–H groups in total. The largest absolute Gasteiger partial charge is 0.379 e. The third-order valence-electron chi connectivity index (χ3n) is 3.23. The van der Waals surface area contributed by atoms with Crippen molar-refractivity contribution < 1.29 is 4.74 Å². The van der Waals surface area contributed by atoms with Gasteiger partial charge in [-0.3, -0.25) is 4.99 Å². The lowest BCUT2D eigenvalue weighted by atomic mass is 10.4. The van der Waals surface area contributed by atoms with E-state index in [1.807, 2.05) is 13.8 Å². The molecule has 0 aromatic carbocycles. The molecule has 0 unspecified atom stereocenters. The van der Waals surface area contributed by atoms with Crippen LogP contribution in [0.25, 0.3) is 0 Å². The normalized spacial score (nSPS) is 15.4.